The van der Waals surface area contributed by atoms with Crippen molar-refractivity contribution in [3.05, 3.63) is 21.8 Å². The molecule has 1 heterocycles. The fourth-order valence-corrected chi connectivity index (χ4v) is 2.27. The second kappa shape index (κ2) is 5.71. The average molecular weight is 292 g/mol. The Morgan fingerprint density at radius 2 is 2.13 bits per heavy atom. The van der Waals surface area contributed by atoms with E-state index in [1.807, 2.05) is 6.07 Å². The third-order valence-corrected chi connectivity index (χ3v) is 2.83. The molecule has 0 aliphatic rings. The molecule has 0 saturated carbocycles. The van der Waals surface area contributed by atoms with E-state index in [2.05, 4.69) is 47.0 Å². The van der Waals surface area contributed by atoms with Crippen LogP contribution in [0.1, 0.15) is 27.2 Å². The van der Waals surface area contributed by atoms with Crippen molar-refractivity contribution in [1.82, 2.24) is 4.98 Å². The Balaban J connectivity index is 2.64. The van der Waals surface area contributed by atoms with Gasteiger partial charge in [0.2, 0.25) is 0 Å². The van der Waals surface area contributed by atoms with Gasteiger partial charge in [-0.05, 0) is 41.3 Å². The number of rotatable bonds is 4. The van der Waals surface area contributed by atoms with Gasteiger partial charge in [0.05, 0.1) is 9.50 Å². The van der Waals surface area contributed by atoms with Crippen LogP contribution in [0.2, 0.25) is 5.02 Å². The van der Waals surface area contributed by atoms with Crippen molar-refractivity contribution in [1.29, 1.82) is 0 Å². The summed E-state index contributed by atoms with van der Waals surface area (Å²) >= 11 is 9.25. The lowest BCUT2D eigenvalue weighted by Crippen LogP contribution is -2.18. The van der Waals surface area contributed by atoms with E-state index in [1.54, 1.807) is 6.20 Å². The van der Waals surface area contributed by atoms with Crippen LogP contribution in [0.15, 0.2) is 16.7 Å². The second-order valence-corrected chi connectivity index (χ2v) is 5.45. The molecule has 0 fully saturated rings. The van der Waals surface area contributed by atoms with E-state index >= 15 is 0 Å². The van der Waals surface area contributed by atoms with Gasteiger partial charge in [-0.1, -0.05) is 25.4 Å². The number of hydrogen-bond donors (Lipinski definition) is 1. The minimum Gasteiger partial charge on any atom is -0.367 e. The fourth-order valence-electron chi connectivity index (χ4n) is 1.52. The first-order chi connectivity index (χ1) is 6.99. The highest BCUT2D eigenvalue weighted by molar-refractivity contribution is 9.10. The van der Waals surface area contributed by atoms with Crippen molar-refractivity contribution in [3.8, 4) is 0 Å². The van der Waals surface area contributed by atoms with Crippen LogP contribution >= 0.6 is 27.5 Å². The molecule has 4 heteroatoms. The number of aromatic nitrogens is 1. The summed E-state index contributed by atoms with van der Waals surface area (Å²) < 4.78 is 0.908. The summed E-state index contributed by atoms with van der Waals surface area (Å²) in [5.74, 6) is 1.53. The zero-order valence-electron chi connectivity index (χ0n) is 9.22. The van der Waals surface area contributed by atoms with E-state index in [-0.39, 0.29) is 0 Å². The number of pyridine rings is 1. The van der Waals surface area contributed by atoms with Crippen LogP contribution in [0.4, 0.5) is 5.82 Å². The maximum absolute atomic E-state index is 5.82. The molecule has 0 aliphatic carbocycles. The minimum absolute atomic E-state index is 0.412. The standard InChI is InChI=1S/C11H16BrClN2/c1-7(2)4-8(3)15-11-10(12)5-9(13)6-14-11/h5-8H,4H2,1-3H3,(H,14,15). The van der Waals surface area contributed by atoms with Crippen molar-refractivity contribution in [3.63, 3.8) is 0 Å². The molecule has 1 unspecified atom stereocenters. The monoisotopic (exact) mass is 290 g/mol. The van der Waals surface area contributed by atoms with Crippen LogP contribution in [0.25, 0.3) is 0 Å². The molecular weight excluding hydrogens is 275 g/mol. The maximum atomic E-state index is 5.82. The highest BCUT2D eigenvalue weighted by Gasteiger charge is 2.08. The summed E-state index contributed by atoms with van der Waals surface area (Å²) in [5.41, 5.74) is 0. The summed E-state index contributed by atoms with van der Waals surface area (Å²) in [7, 11) is 0. The van der Waals surface area contributed by atoms with E-state index in [9.17, 15) is 0 Å². The Labute approximate surface area is 105 Å². The third-order valence-electron chi connectivity index (χ3n) is 2.02. The van der Waals surface area contributed by atoms with Crippen LogP contribution in [-0.2, 0) is 0 Å². The summed E-state index contributed by atoms with van der Waals surface area (Å²) in [4.78, 5) is 4.24. The van der Waals surface area contributed by atoms with E-state index in [0.29, 0.717) is 17.0 Å². The molecule has 0 amide bonds. The molecule has 1 aromatic heterocycles. The molecule has 1 rings (SSSR count). The predicted octanol–water partition coefficient (Wildman–Crippen LogP) is 4.34. The van der Waals surface area contributed by atoms with Crippen molar-refractivity contribution in [2.75, 3.05) is 5.32 Å². The van der Waals surface area contributed by atoms with E-state index in [4.69, 9.17) is 11.6 Å². The number of nitrogens with zero attached hydrogens (tertiary/aromatic N) is 1. The summed E-state index contributed by atoms with van der Waals surface area (Å²) in [6.45, 7) is 6.58. The van der Waals surface area contributed by atoms with Crippen LogP contribution in [-0.4, -0.2) is 11.0 Å². The second-order valence-electron chi connectivity index (χ2n) is 4.16. The van der Waals surface area contributed by atoms with Gasteiger partial charge in [-0.15, -0.1) is 0 Å². The Hall–Kier alpha value is -0.280. The molecule has 0 aromatic carbocycles. The molecule has 2 nitrogen and oxygen atoms in total. The summed E-state index contributed by atoms with van der Waals surface area (Å²) in [5, 5.41) is 3.99. The SMILES string of the molecule is CC(C)CC(C)Nc1ncc(Cl)cc1Br. The predicted molar refractivity (Wildman–Crippen MR) is 69.5 cm³/mol. The van der Waals surface area contributed by atoms with Gasteiger partial charge in [0.15, 0.2) is 0 Å². The first kappa shape index (κ1) is 12.8. The van der Waals surface area contributed by atoms with Crippen molar-refractivity contribution in [2.45, 2.75) is 33.2 Å². The minimum atomic E-state index is 0.412. The Bertz CT molecular complexity index is 328. The Morgan fingerprint density at radius 3 is 2.67 bits per heavy atom. The normalized spacial score (nSPS) is 12.9. The highest BCUT2D eigenvalue weighted by Crippen LogP contribution is 2.24. The van der Waals surface area contributed by atoms with Gasteiger partial charge >= 0.3 is 0 Å². The lowest BCUT2D eigenvalue weighted by molar-refractivity contribution is 0.538. The molecule has 0 saturated heterocycles. The number of halogens is 2. The first-order valence-electron chi connectivity index (χ1n) is 5.06. The average Bonchev–Trinajstić information content (AvgIpc) is 2.08. The largest absolute Gasteiger partial charge is 0.367 e. The zero-order chi connectivity index (χ0) is 11.4. The fraction of sp³-hybridized carbons (Fsp3) is 0.545. The van der Waals surface area contributed by atoms with Crippen LogP contribution in [0, 0.1) is 5.92 Å². The molecule has 0 spiro atoms. The van der Waals surface area contributed by atoms with E-state index in [1.165, 1.54) is 0 Å². The van der Waals surface area contributed by atoms with E-state index in [0.717, 1.165) is 16.7 Å². The number of hydrogen-bond acceptors (Lipinski definition) is 2. The molecule has 1 N–H and O–H groups in total. The van der Waals surface area contributed by atoms with Crippen molar-refractivity contribution >= 4 is 33.3 Å². The van der Waals surface area contributed by atoms with Gasteiger partial charge < -0.3 is 5.32 Å². The zero-order valence-corrected chi connectivity index (χ0v) is 11.6. The maximum Gasteiger partial charge on any atom is 0.140 e. The van der Waals surface area contributed by atoms with Gasteiger partial charge in [-0.3, -0.25) is 0 Å². The van der Waals surface area contributed by atoms with Crippen LogP contribution in [0.5, 0.6) is 0 Å². The number of nitrogens with one attached hydrogen (secondary N) is 1. The molecule has 0 aliphatic heterocycles. The van der Waals surface area contributed by atoms with E-state index < -0.39 is 0 Å². The molecule has 1 atom stereocenters. The van der Waals surface area contributed by atoms with Crippen molar-refractivity contribution in [2.24, 2.45) is 5.92 Å². The molecular formula is C11H16BrClN2. The topological polar surface area (TPSA) is 24.9 Å². The number of anilines is 1. The quantitative estimate of drug-likeness (QED) is 0.892. The van der Waals surface area contributed by atoms with Gasteiger partial charge in [0.1, 0.15) is 5.82 Å². The third kappa shape index (κ3) is 4.39. The van der Waals surface area contributed by atoms with Gasteiger partial charge in [0, 0.05) is 12.2 Å². The lowest BCUT2D eigenvalue weighted by Gasteiger charge is -2.17. The summed E-state index contributed by atoms with van der Waals surface area (Å²) in [6.07, 6.45) is 2.77. The molecule has 0 radical (unpaired) electrons. The molecule has 84 valence electrons. The summed E-state index contributed by atoms with van der Waals surface area (Å²) in [6, 6.07) is 2.26. The molecule has 0 bridgehead atoms. The molecule has 1 aromatic rings. The first-order valence-corrected chi connectivity index (χ1v) is 6.23. The lowest BCUT2D eigenvalue weighted by atomic mass is 10.1. The molecule has 15 heavy (non-hydrogen) atoms. The van der Waals surface area contributed by atoms with Gasteiger partial charge in [-0.2, -0.15) is 0 Å². The van der Waals surface area contributed by atoms with Crippen LogP contribution < -0.4 is 5.32 Å². The highest BCUT2D eigenvalue weighted by atomic mass is 79.9. The Morgan fingerprint density at radius 1 is 1.47 bits per heavy atom. The Kier molecular flexibility index (Phi) is 4.87. The smallest absolute Gasteiger partial charge is 0.140 e. The van der Waals surface area contributed by atoms with Crippen molar-refractivity contribution < 1.29 is 0 Å². The van der Waals surface area contributed by atoms with Gasteiger partial charge in [-0.25, -0.2) is 4.98 Å². The van der Waals surface area contributed by atoms with Gasteiger partial charge in [0.25, 0.3) is 0 Å². The van der Waals surface area contributed by atoms with Crippen LogP contribution in [0.3, 0.4) is 0 Å².